The third-order valence-corrected chi connectivity index (χ3v) is 3.21. The van der Waals surface area contributed by atoms with E-state index in [1.165, 1.54) is 24.7 Å². The van der Waals surface area contributed by atoms with Gasteiger partial charge in [-0.1, -0.05) is 11.6 Å². The van der Waals surface area contributed by atoms with Crippen LogP contribution in [-0.4, -0.2) is 33.6 Å². The number of nitrogens with one attached hydrogen (secondary N) is 1. The van der Waals surface area contributed by atoms with Gasteiger partial charge in [0, 0.05) is 31.6 Å². The number of carbonyl (C=O) groups is 1. The van der Waals surface area contributed by atoms with Crippen LogP contribution in [0.4, 0.5) is 8.78 Å². The molecule has 0 spiro atoms. The zero-order valence-electron chi connectivity index (χ0n) is 12.3. The zero-order valence-corrected chi connectivity index (χ0v) is 13.1. The molecule has 2 aromatic heterocycles. The summed E-state index contributed by atoms with van der Waals surface area (Å²) in [7, 11) is 0. The van der Waals surface area contributed by atoms with Gasteiger partial charge in [-0.15, -0.1) is 0 Å². The maximum Gasteiger partial charge on any atom is 0.319 e. The first-order valence-electron chi connectivity index (χ1n) is 6.89. The Morgan fingerprint density at radius 3 is 2.91 bits per heavy atom. The Labute approximate surface area is 136 Å². The van der Waals surface area contributed by atoms with Crippen molar-refractivity contribution in [2.45, 2.75) is 19.9 Å². The van der Waals surface area contributed by atoms with Crippen LogP contribution in [0.2, 0.25) is 5.02 Å². The second-order valence-corrected chi connectivity index (χ2v) is 4.89. The molecule has 9 heteroatoms. The molecule has 0 saturated carbocycles. The highest BCUT2D eigenvalue weighted by Crippen LogP contribution is 2.22. The maximum atomic E-state index is 12.7. The van der Waals surface area contributed by atoms with E-state index in [0.29, 0.717) is 6.61 Å². The number of hydrogen-bond donors (Lipinski definition) is 1. The van der Waals surface area contributed by atoms with Crippen molar-refractivity contribution in [3.05, 3.63) is 41.1 Å². The van der Waals surface area contributed by atoms with Crippen molar-refractivity contribution >= 4 is 17.5 Å². The van der Waals surface area contributed by atoms with E-state index in [9.17, 15) is 13.6 Å². The van der Waals surface area contributed by atoms with Crippen LogP contribution in [0.25, 0.3) is 0 Å². The largest absolute Gasteiger partial charge is 0.477 e. The summed E-state index contributed by atoms with van der Waals surface area (Å²) in [6, 6.07) is 1.44. The second-order valence-electron chi connectivity index (χ2n) is 4.48. The van der Waals surface area contributed by atoms with E-state index >= 15 is 0 Å². The molecule has 0 fully saturated rings. The van der Waals surface area contributed by atoms with Gasteiger partial charge in [0.05, 0.1) is 12.2 Å². The summed E-state index contributed by atoms with van der Waals surface area (Å²) in [6.45, 7) is -0.290. The van der Waals surface area contributed by atoms with Crippen LogP contribution in [0.3, 0.4) is 0 Å². The maximum absolute atomic E-state index is 12.7. The van der Waals surface area contributed by atoms with Crippen molar-refractivity contribution in [1.29, 1.82) is 0 Å². The number of nitrogens with zero attached hydrogens (tertiary/aromatic N) is 3. The zero-order chi connectivity index (χ0) is 16.8. The molecular weight excluding hydrogens is 330 g/mol. The van der Waals surface area contributed by atoms with Gasteiger partial charge in [-0.05, 0) is 13.0 Å². The summed E-state index contributed by atoms with van der Waals surface area (Å²) in [6.07, 6.45) is 4.00. The highest BCUT2D eigenvalue weighted by atomic mass is 35.5. The molecule has 0 aliphatic carbocycles. The van der Waals surface area contributed by atoms with E-state index in [2.05, 4.69) is 15.3 Å². The van der Waals surface area contributed by atoms with Crippen molar-refractivity contribution in [3.8, 4) is 5.88 Å². The average Bonchev–Trinajstić information content (AvgIpc) is 2.98. The third-order valence-electron chi connectivity index (χ3n) is 2.94. The molecule has 0 aliphatic rings. The lowest BCUT2D eigenvalue weighted by Gasteiger charge is -2.09. The molecule has 6 nitrogen and oxygen atoms in total. The Morgan fingerprint density at radius 2 is 2.26 bits per heavy atom. The second kappa shape index (κ2) is 7.87. The van der Waals surface area contributed by atoms with Gasteiger partial charge in [0.25, 0.3) is 5.91 Å². The highest BCUT2D eigenvalue weighted by molar-refractivity contribution is 6.32. The molecule has 124 valence electrons. The van der Waals surface area contributed by atoms with Crippen molar-refractivity contribution < 1.29 is 18.3 Å². The summed E-state index contributed by atoms with van der Waals surface area (Å²) in [5, 5.41) is 2.83. The van der Waals surface area contributed by atoms with E-state index in [4.69, 9.17) is 16.3 Å². The van der Waals surface area contributed by atoms with Gasteiger partial charge in [0.15, 0.2) is 0 Å². The van der Waals surface area contributed by atoms with Gasteiger partial charge in [0.1, 0.15) is 10.8 Å². The highest BCUT2D eigenvalue weighted by Gasteiger charge is 2.13. The molecule has 2 heterocycles. The van der Waals surface area contributed by atoms with Gasteiger partial charge in [-0.25, -0.2) is 9.97 Å². The monoisotopic (exact) mass is 344 g/mol. The Morgan fingerprint density at radius 1 is 1.48 bits per heavy atom. The van der Waals surface area contributed by atoms with Gasteiger partial charge >= 0.3 is 6.55 Å². The van der Waals surface area contributed by atoms with Crippen LogP contribution in [0.1, 0.15) is 29.7 Å². The van der Waals surface area contributed by atoms with Crippen molar-refractivity contribution in [2.24, 2.45) is 0 Å². The molecular formula is C14H15ClF2N4O2. The predicted molar refractivity (Wildman–Crippen MR) is 79.9 cm³/mol. The number of alkyl halides is 2. The summed E-state index contributed by atoms with van der Waals surface area (Å²) in [4.78, 5) is 19.8. The number of ether oxygens (including phenoxy) is 1. The number of aromatic nitrogens is 3. The average molecular weight is 345 g/mol. The Balaban J connectivity index is 1.92. The van der Waals surface area contributed by atoms with Gasteiger partial charge in [0.2, 0.25) is 5.88 Å². The molecule has 2 rings (SSSR count). The topological polar surface area (TPSA) is 69.0 Å². The van der Waals surface area contributed by atoms with E-state index in [1.807, 2.05) is 0 Å². The lowest BCUT2D eigenvalue weighted by Crippen LogP contribution is -2.26. The SMILES string of the molecule is CCOc1ncc(C(=O)NCCc2nccn2C(F)F)cc1Cl. The van der Waals surface area contributed by atoms with Crippen LogP contribution >= 0.6 is 11.6 Å². The molecule has 0 bridgehead atoms. The van der Waals surface area contributed by atoms with Gasteiger partial charge < -0.3 is 10.1 Å². The molecule has 0 aromatic carbocycles. The standard InChI is InChI=1S/C14H15ClF2N4O2/c1-2-23-13-10(15)7-9(8-20-13)12(22)19-4-3-11-18-5-6-21(11)14(16)17/h5-8,14H,2-4H2,1H3,(H,19,22). The molecule has 0 aliphatic heterocycles. The third kappa shape index (κ3) is 4.38. The minimum atomic E-state index is -2.66. The van der Waals surface area contributed by atoms with E-state index in [0.717, 1.165) is 4.57 Å². The van der Waals surface area contributed by atoms with Crippen molar-refractivity contribution in [3.63, 3.8) is 0 Å². The normalized spacial score (nSPS) is 10.8. The minimum Gasteiger partial charge on any atom is -0.477 e. The Kier molecular flexibility index (Phi) is 5.86. The molecule has 0 saturated heterocycles. The number of imidazole rings is 1. The number of hydrogen-bond acceptors (Lipinski definition) is 4. The lowest BCUT2D eigenvalue weighted by molar-refractivity contribution is 0.0670. The van der Waals surface area contributed by atoms with E-state index in [-0.39, 0.29) is 35.3 Å². The molecule has 0 radical (unpaired) electrons. The summed E-state index contributed by atoms with van der Waals surface area (Å²) in [5.41, 5.74) is 0.260. The van der Waals surface area contributed by atoms with Crippen LogP contribution < -0.4 is 10.1 Å². The number of carbonyl (C=O) groups excluding carboxylic acids is 1. The molecule has 0 unspecified atom stereocenters. The van der Waals surface area contributed by atoms with Crippen molar-refractivity contribution in [2.75, 3.05) is 13.2 Å². The van der Waals surface area contributed by atoms with Gasteiger partial charge in [-0.3, -0.25) is 9.36 Å². The van der Waals surface area contributed by atoms with E-state index < -0.39 is 12.5 Å². The summed E-state index contributed by atoms with van der Waals surface area (Å²) < 4.78 is 31.2. The fourth-order valence-electron chi connectivity index (χ4n) is 1.90. The Hall–Kier alpha value is -2.22. The minimum absolute atomic E-state index is 0.160. The van der Waals surface area contributed by atoms with Crippen LogP contribution in [0.5, 0.6) is 5.88 Å². The molecule has 0 atom stereocenters. The number of amides is 1. The fraction of sp³-hybridized carbons (Fsp3) is 0.357. The number of halogens is 3. The summed E-state index contributed by atoms with van der Waals surface area (Å²) in [5.74, 6) is 0.0467. The first kappa shape index (κ1) is 17.1. The Bertz CT molecular complexity index is 679. The smallest absolute Gasteiger partial charge is 0.319 e. The summed E-state index contributed by atoms with van der Waals surface area (Å²) >= 11 is 5.96. The van der Waals surface area contributed by atoms with Crippen LogP contribution in [0.15, 0.2) is 24.7 Å². The first-order valence-corrected chi connectivity index (χ1v) is 7.27. The number of pyridine rings is 1. The van der Waals surface area contributed by atoms with Crippen molar-refractivity contribution in [1.82, 2.24) is 19.9 Å². The molecule has 1 amide bonds. The number of rotatable bonds is 7. The molecule has 23 heavy (non-hydrogen) atoms. The molecule has 1 N–H and O–H groups in total. The molecule has 2 aromatic rings. The van der Waals surface area contributed by atoms with Gasteiger partial charge in [-0.2, -0.15) is 8.78 Å². The van der Waals surface area contributed by atoms with E-state index in [1.54, 1.807) is 6.92 Å². The van der Waals surface area contributed by atoms with Crippen LogP contribution in [0, 0.1) is 0 Å². The van der Waals surface area contributed by atoms with Crippen LogP contribution in [-0.2, 0) is 6.42 Å². The fourth-order valence-corrected chi connectivity index (χ4v) is 2.12. The predicted octanol–water partition coefficient (Wildman–Crippen LogP) is 2.70. The first-order chi connectivity index (χ1) is 11.0. The quantitative estimate of drug-likeness (QED) is 0.838. The lowest BCUT2D eigenvalue weighted by atomic mass is 10.2.